The van der Waals surface area contributed by atoms with Gasteiger partial charge in [-0.1, -0.05) is 61.5 Å². The number of phenolic OH excluding ortho intramolecular Hbond substituents is 1. The first-order valence-corrected chi connectivity index (χ1v) is 12.7. The molecule has 170 valence electrons. The van der Waals surface area contributed by atoms with Gasteiger partial charge in [0, 0.05) is 28.5 Å². The second-order valence-corrected chi connectivity index (χ2v) is 11.3. The number of fused-ring (bicyclic) bond motifs is 1. The lowest BCUT2D eigenvalue weighted by Gasteiger charge is -2.38. The predicted octanol–water partition coefficient (Wildman–Crippen LogP) is 6.35. The van der Waals surface area contributed by atoms with Crippen LogP contribution in [0.15, 0.2) is 63.4 Å². The Morgan fingerprint density at radius 2 is 2.06 bits per heavy atom. The Labute approximate surface area is 209 Å². The van der Waals surface area contributed by atoms with Crippen molar-refractivity contribution in [2.45, 2.75) is 43.6 Å². The fourth-order valence-corrected chi connectivity index (χ4v) is 5.78. The molecule has 0 spiro atoms. The summed E-state index contributed by atoms with van der Waals surface area (Å²) in [6, 6.07) is 12.6. The molecule has 0 radical (unpaired) electrons. The number of Topliss-reactive ketones (excluding diaryl/α,β-unsaturated/α-hetero) is 1. The summed E-state index contributed by atoms with van der Waals surface area (Å²) in [6.07, 6.45) is 1.20. The van der Waals surface area contributed by atoms with Crippen molar-refractivity contribution in [3.8, 4) is 5.75 Å². The number of aromatic nitrogens is 3. The van der Waals surface area contributed by atoms with E-state index in [-0.39, 0.29) is 16.9 Å². The average molecular weight is 546 g/mol. The summed E-state index contributed by atoms with van der Waals surface area (Å²) in [4.78, 5) is 18.0. The van der Waals surface area contributed by atoms with Gasteiger partial charge in [-0.2, -0.15) is 4.98 Å². The maximum absolute atomic E-state index is 13.3. The molecule has 1 aromatic heterocycles. The van der Waals surface area contributed by atoms with Gasteiger partial charge in [-0.3, -0.25) is 4.79 Å². The number of ketones is 1. The van der Waals surface area contributed by atoms with Crippen molar-refractivity contribution in [1.29, 1.82) is 0 Å². The summed E-state index contributed by atoms with van der Waals surface area (Å²) in [7, 11) is 0. The van der Waals surface area contributed by atoms with Crippen LogP contribution in [0.2, 0.25) is 5.02 Å². The Balaban J connectivity index is 1.55. The third kappa shape index (κ3) is 4.32. The molecule has 0 fully saturated rings. The van der Waals surface area contributed by atoms with E-state index >= 15 is 0 Å². The molecule has 5 rings (SSSR count). The second kappa shape index (κ2) is 8.49. The minimum absolute atomic E-state index is 0.0904. The number of carbonyl (C=O) groups excluding carboxylic acids is 1. The lowest BCUT2D eigenvalue weighted by molar-refractivity contribution is -0.118. The fourth-order valence-electron chi connectivity index (χ4n) is 4.42. The summed E-state index contributed by atoms with van der Waals surface area (Å²) < 4.78 is 2.35. The molecule has 6 nitrogen and oxygen atoms in total. The summed E-state index contributed by atoms with van der Waals surface area (Å²) in [5.74, 6) is 1.43. The fraction of sp³-hybridized carbons (Fsp3) is 0.292. The van der Waals surface area contributed by atoms with E-state index in [0.717, 1.165) is 23.2 Å². The van der Waals surface area contributed by atoms with Crippen LogP contribution in [0.3, 0.4) is 0 Å². The number of anilines is 1. The number of thioether (sulfide) groups is 1. The first kappa shape index (κ1) is 22.5. The number of hydrogen-bond donors (Lipinski definition) is 2. The maximum atomic E-state index is 13.3. The summed E-state index contributed by atoms with van der Waals surface area (Å²) in [5.41, 5.74) is 3.22. The van der Waals surface area contributed by atoms with Crippen molar-refractivity contribution >= 4 is 51.0 Å². The molecule has 2 heterocycles. The molecule has 33 heavy (non-hydrogen) atoms. The molecule has 0 saturated heterocycles. The standard InChI is InChI=1S/C24H22BrClN4O2S/c1-24(2)10-17-20(19(32)11-24)21(13-7-8-15(25)18(31)9-13)30-22(27-17)28-23(29-30)33-12-14-5-3-4-6-16(14)26/h3-9,21,31H,10-12H2,1-2H3,(H,27,28,29). The van der Waals surface area contributed by atoms with E-state index in [1.807, 2.05) is 30.3 Å². The van der Waals surface area contributed by atoms with E-state index in [4.69, 9.17) is 21.7 Å². The van der Waals surface area contributed by atoms with E-state index in [0.29, 0.717) is 38.3 Å². The highest BCUT2D eigenvalue weighted by molar-refractivity contribution is 9.10. The minimum Gasteiger partial charge on any atom is -0.507 e. The number of allylic oxidation sites excluding steroid dienone is 2. The number of rotatable bonds is 4. The van der Waals surface area contributed by atoms with Gasteiger partial charge in [0.1, 0.15) is 11.8 Å². The van der Waals surface area contributed by atoms with Gasteiger partial charge in [-0.25, -0.2) is 4.68 Å². The number of halogens is 2. The van der Waals surface area contributed by atoms with Gasteiger partial charge in [0.25, 0.3) is 0 Å². The van der Waals surface area contributed by atoms with Crippen LogP contribution in [0.5, 0.6) is 5.75 Å². The summed E-state index contributed by atoms with van der Waals surface area (Å²) in [6.45, 7) is 4.20. The number of benzene rings is 2. The lowest BCUT2D eigenvalue weighted by atomic mass is 9.73. The van der Waals surface area contributed by atoms with Gasteiger partial charge in [-0.05, 0) is 57.1 Å². The van der Waals surface area contributed by atoms with Crippen molar-refractivity contribution in [2.75, 3.05) is 5.32 Å². The molecule has 0 amide bonds. The highest BCUT2D eigenvalue weighted by Gasteiger charge is 2.42. The number of hydrogen-bond acceptors (Lipinski definition) is 6. The van der Waals surface area contributed by atoms with E-state index in [1.165, 1.54) is 11.8 Å². The van der Waals surface area contributed by atoms with Crippen molar-refractivity contribution in [3.05, 3.63) is 74.4 Å². The van der Waals surface area contributed by atoms with Crippen molar-refractivity contribution in [2.24, 2.45) is 5.41 Å². The van der Waals surface area contributed by atoms with Crippen LogP contribution in [0, 0.1) is 5.41 Å². The van der Waals surface area contributed by atoms with Crippen LogP contribution in [0.4, 0.5) is 5.95 Å². The third-order valence-electron chi connectivity index (χ3n) is 5.91. The molecule has 3 aromatic rings. The average Bonchev–Trinajstić information content (AvgIpc) is 3.15. The van der Waals surface area contributed by atoms with Crippen molar-refractivity contribution in [1.82, 2.24) is 14.8 Å². The van der Waals surface area contributed by atoms with Gasteiger partial charge in [0.15, 0.2) is 5.78 Å². The Kier molecular flexibility index (Phi) is 5.79. The molecule has 0 bridgehead atoms. The van der Waals surface area contributed by atoms with Crippen molar-refractivity contribution in [3.63, 3.8) is 0 Å². The van der Waals surface area contributed by atoms with Crippen LogP contribution in [-0.2, 0) is 10.5 Å². The highest BCUT2D eigenvalue weighted by Crippen LogP contribution is 2.46. The number of phenols is 1. The van der Waals surface area contributed by atoms with E-state index in [9.17, 15) is 9.90 Å². The molecular weight excluding hydrogens is 524 g/mol. The SMILES string of the molecule is CC1(C)CC(=O)C2=C(C1)Nc1nc(SCc3ccccc3Cl)nn1C2c1ccc(Br)c(O)c1. The Morgan fingerprint density at radius 1 is 1.27 bits per heavy atom. The van der Waals surface area contributed by atoms with Gasteiger partial charge < -0.3 is 10.4 Å². The third-order valence-corrected chi connectivity index (χ3v) is 7.84. The summed E-state index contributed by atoms with van der Waals surface area (Å²) >= 11 is 11.1. The molecule has 0 saturated carbocycles. The highest BCUT2D eigenvalue weighted by atomic mass is 79.9. The molecular formula is C24H22BrClN4O2S. The van der Waals surface area contributed by atoms with Crippen LogP contribution in [-0.4, -0.2) is 25.7 Å². The molecule has 1 aliphatic carbocycles. The normalized spacial score (nSPS) is 19.2. The van der Waals surface area contributed by atoms with Crippen molar-refractivity contribution < 1.29 is 9.90 Å². The first-order valence-electron chi connectivity index (χ1n) is 10.6. The number of nitrogens with one attached hydrogen (secondary N) is 1. The van der Waals surface area contributed by atoms with Crippen LogP contribution >= 0.6 is 39.3 Å². The maximum Gasteiger partial charge on any atom is 0.227 e. The Hall–Kier alpha value is -2.29. The minimum atomic E-state index is -0.457. The van der Waals surface area contributed by atoms with Crippen LogP contribution in [0.25, 0.3) is 0 Å². The van der Waals surface area contributed by atoms with E-state index < -0.39 is 6.04 Å². The number of aromatic hydroxyl groups is 1. The largest absolute Gasteiger partial charge is 0.507 e. The molecule has 1 atom stereocenters. The quantitative estimate of drug-likeness (QED) is 0.372. The molecule has 2 aromatic carbocycles. The molecule has 2 aliphatic rings. The van der Waals surface area contributed by atoms with Gasteiger partial charge in [0.05, 0.1) is 4.47 Å². The monoisotopic (exact) mass is 544 g/mol. The number of carbonyl (C=O) groups is 1. The van der Waals surface area contributed by atoms with Gasteiger partial charge in [-0.15, -0.1) is 5.10 Å². The topological polar surface area (TPSA) is 80.0 Å². The van der Waals surface area contributed by atoms with E-state index in [2.05, 4.69) is 35.1 Å². The number of nitrogens with zero attached hydrogens (tertiary/aromatic N) is 3. The molecule has 1 aliphatic heterocycles. The van der Waals surface area contributed by atoms with E-state index in [1.54, 1.807) is 16.8 Å². The molecule has 1 unspecified atom stereocenters. The zero-order valence-corrected chi connectivity index (χ0v) is 21.3. The summed E-state index contributed by atoms with van der Waals surface area (Å²) in [5, 5.41) is 19.8. The van der Waals surface area contributed by atoms with Crippen LogP contribution in [0.1, 0.15) is 43.9 Å². The molecule has 9 heteroatoms. The van der Waals surface area contributed by atoms with Gasteiger partial charge in [0.2, 0.25) is 11.1 Å². The molecule has 2 N–H and O–H groups in total. The zero-order valence-electron chi connectivity index (χ0n) is 18.1. The predicted molar refractivity (Wildman–Crippen MR) is 134 cm³/mol. The first-order chi connectivity index (χ1) is 15.7. The lowest BCUT2D eigenvalue weighted by Crippen LogP contribution is -2.36. The Bertz CT molecular complexity index is 1300. The van der Waals surface area contributed by atoms with Crippen LogP contribution < -0.4 is 5.32 Å². The zero-order chi connectivity index (χ0) is 23.3. The Morgan fingerprint density at radius 3 is 2.82 bits per heavy atom. The van der Waals surface area contributed by atoms with Gasteiger partial charge >= 0.3 is 0 Å². The smallest absolute Gasteiger partial charge is 0.227 e. The second-order valence-electron chi connectivity index (χ2n) is 9.11.